The van der Waals surface area contributed by atoms with E-state index >= 15 is 0 Å². The van der Waals surface area contributed by atoms with Gasteiger partial charge in [0.05, 0.1) is 34.5 Å². The number of fused-ring (bicyclic) bond motifs is 4. The van der Waals surface area contributed by atoms with E-state index in [1.165, 1.54) is 50.0 Å². The molecule has 9 aromatic rings. The summed E-state index contributed by atoms with van der Waals surface area (Å²) in [6.07, 6.45) is 1.93. The minimum absolute atomic E-state index is 0.640. The van der Waals surface area contributed by atoms with E-state index in [0.29, 0.717) is 0 Å². The van der Waals surface area contributed by atoms with Crippen LogP contribution in [-0.2, 0) is 5.41 Å². The molecule has 0 radical (unpaired) electrons. The fourth-order valence-corrected chi connectivity index (χ4v) is 8.69. The smallest absolute Gasteiger partial charge is 0.138 e. The number of anilines is 3. The molecule has 0 N–H and O–H groups in total. The molecule has 0 fully saturated rings. The lowest BCUT2D eigenvalue weighted by atomic mass is 9.65. The SMILES string of the molecule is CN1CN(c2cccc(C(c3ccccc3)(c3ccccc3)c3ccc4c5ccccc5n(-c5cc(-c6ccccc6)ccn5)c4c3)c2)c2ccccc21. The van der Waals surface area contributed by atoms with Gasteiger partial charge in [-0.05, 0) is 81.9 Å². The molecule has 7 aromatic carbocycles. The van der Waals surface area contributed by atoms with Crippen LogP contribution in [0.4, 0.5) is 17.1 Å². The summed E-state index contributed by atoms with van der Waals surface area (Å²) in [6, 6.07) is 70.5. The summed E-state index contributed by atoms with van der Waals surface area (Å²) in [5.41, 5.74) is 12.3. The molecule has 4 nitrogen and oxygen atoms in total. The van der Waals surface area contributed by atoms with Crippen molar-refractivity contribution in [2.45, 2.75) is 5.41 Å². The second-order valence-electron chi connectivity index (χ2n) is 14.1. The van der Waals surface area contributed by atoms with Crippen LogP contribution in [0.1, 0.15) is 22.3 Å². The van der Waals surface area contributed by atoms with Crippen molar-refractivity contribution in [3.05, 3.63) is 223 Å². The number of hydrogen-bond acceptors (Lipinski definition) is 3. The first-order valence-corrected chi connectivity index (χ1v) is 18.5. The maximum atomic E-state index is 5.01. The Bertz CT molecular complexity index is 2730. The summed E-state index contributed by atoms with van der Waals surface area (Å²) in [7, 11) is 2.17. The first kappa shape index (κ1) is 31.8. The Morgan fingerprint density at radius 2 is 1.07 bits per heavy atom. The Morgan fingerprint density at radius 3 is 1.83 bits per heavy atom. The van der Waals surface area contributed by atoms with Gasteiger partial charge < -0.3 is 9.80 Å². The van der Waals surface area contributed by atoms with E-state index in [4.69, 9.17) is 4.98 Å². The van der Waals surface area contributed by atoms with Crippen LogP contribution in [0, 0.1) is 0 Å². The van der Waals surface area contributed by atoms with Gasteiger partial charge in [-0.2, -0.15) is 0 Å². The van der Waals surface area contributed by atoms with Crippen LogP contribution in [0.5, 0.6) is 0 Å². The monoisotopic (exact) mass is 694 g/mol. The highest BCUT2D eigenvalue weighted by molar-refractivity contribution is 6.09. The van der Waals surface area contributed by atoms with Gasteiger partial charge in [0.2, 0.25) is 0 Å². The van der Waals surface area contributed by atoms with Crippen molar-refractivity contribution in [3.63, 3.8) is 0 Å². The van der Waals surface area contributed by atoms with Crippen LogP contribution < -0.4 is 9.80 Å². The fraction of sp³-hybridized carbons (Fsp3) is 0.0600. The summed E-state index contributed by atoms with van der Waals surface area (Å²) in [5, 5.41) is 2.40. The van der Waals surface area contributed by atoms with Gasteiger partial charge in [-0.15, -0.1) is 0 Å². The van der Waals surface area contributed by atoms with Gasteiger partial charge in [0.1, 0.15) is 5.82 Å². The quantitative estimate of drug-likeness (QED) is 0.155. The standard InChI is InChI=1S/C50H38N4/c1-52-35-53(47-27-14-13-26-46(47)52)42-23-15-22-40(33-42)50(38-18-7-3-8-19-38,39-20-9-4-10-21-39)41-28-29-44-43-24-11-12-25-45(43)54(48(44)34-41)49-32-37(30-31-51-49)36-16-5-2-6-17-36/h2-34H,35H2,1H3. The van der Waals surface area contributed by atoms with Gasteiger partial charge in [0, 0.05) is 29.7 Å². The third-order valence-electron chi connectivity index (χ3n) is 11.1. The van der Waals surface area contributed by atoms with Crippen molar-refractivity contribution in [3.8, 4) is 16.9 Å². The molecular formula is C50H38N4. The van der Waals surface area contributed by atoms with E-state index in [1.54, 1.807) is 0 Å². The lowest BCUT2D eigenvalue weighted by Gasteiger charge is -2.37. The van der Waals surface area contributed by atoms with E-state index < -0.39 is 5.41 Å². The fourth-order valence-electron chi connectivity index (χ4n) is 8.69. The predicted octanol–water partition coefficient (Wildman–Crippen LogP) is 11.8. The maximum absolute atomic E-state index is 5.01. The second-order valence-corrected chi connectivity index (χ2v) is 14.1. The van der Waals surface area contributed by atoms with Crippen molar-refractivity contribution >= 4 is 38.9 Å². The Morgan fingerprint density at radius 1 is 0.463 bits per heavy atom. The van der Waals surface area contributed by atoms with Crippen molar-refractivity contribution in [2.24, 2.45) is 0 Å². The average Bonchev–Trinajstić information content (AvgIpc) is 3.77. The Balaban J connectivity index is 1.25. The Hall–Kier alpha value is -6.91. The van der Waals surface area contributed by atoms with Gasteiger partial charge in [-0.3, -0.25) is 4.57 Å². The molecule has 10 rings (SSSR count). The minimum atomic E-state index is -0.640. The molecule has 258 valence electrons. The van der Waals surface area contributed by atoms with Crippen molar-refractivity contribution < 1.29 is 0 Å². The maximum Gasteiger partial charge on any atom is 0.138 e. The molecule has 0 spiro atoms. The number of hydrogen-bond donors (Lipinski definition) is 0. The highest BCUT2D eigenvalue weighted by atomic mass is 15.4. The largest absolute Gasteiger partial charge is 0.355 e. The summed E-state index contributed by atoms with van der Waals surface area (Å²) < 4.78 is 2.34. The lowest BCUT2D eigenvalue weighted by molar-refractivity contribution is 0.745. The van der Waals surface area contributed by atoms with Gasteiger partial charge in [-0.25, -0.2) is 4.98 Å². The number of benzene rings is 7. The molecule has 54 heavy (non-hydrogen) atoms. The number of aromatic nitrogens is 2. The number of pyridine rings is 1. The van der Waals surface area contributed by atoms with E-state index in [9.17, 15) is 0 Å². The molecule has 1 aliphatic rings. The highest BCUT2D eigenvalue weighted by Gasteiger charge is 2.39. The molecule has 0 bridgehead atoms. The topological polar surface area (TPSA) is 24.3 Å². The average molecular weight is 695 g/mol. The molecule has 0 atom stereocenters. The zero-order valence-electron chi connectivity index (χ0n) is 30.0. The van der Waals surface area contributed by atoms with Gasteiger partial charge in [0.15, 0.2) is 0 Å². The van der Waals surface area contributed by atoms with Crippen molar-refractivity contribution in [1.82, 2.24) is 9.55 Å². The summed E-state index contributed by atoms with van der Waals surface area (Å²) in [4.78, 5) is 9.75. The third kappa shape index (κ3) is 5.02. The molecule has 0 saturated carbocycles. The summed E-state index contributed by atoms with van der Waals surface area (Å²) >= 11 is 0. The van der Waals surface area contributed by atoms with Crippen LogP contribution in [0.15, 0.2) is 200 Å². The molecule has 4 heteroatoms. The number of para-hydroxylation sites is 3. The Kier molecular flexibility index (Phi) is 7.62. The molecule has 3 heterocycles. The molecule has 0 unspecified atom stereocenters. The van der Waals surface area contributed by atoms with Gasteiger partial charge in [0.25, 0.3) is 0 Å². The van der Waals surface area contributed by atoms with Gasteiger partial charge >= 0.3 is 0 Å². The molecule has 0 amide bonds. The van der Waals surface area contributed by atoms with Crippen molar-refractivity contribution in [1.29, 1.82) is 0 Å². The summed E-state index contributed by atoms with van der Waals surface area (Å²) in [5.74, 6) is 0.892. The molecule has 1 aliphatic heterocycles. The highest BCUT2D eigenvalue weighted by Crippen LogP contribution is 2.48. The second kappa shape index (κ2) is 12.9. The van der Waals surface area contributed by atoms with Gasteiger partial charge in [-0.1, -0.05) is 146 Å². The predicted molar refractivity (Wildman–Crippen MR) is 224 cm³/mol. The summed E-state index contributed by atoms with van der Waals surface area (Å²) in [6.45, 7) is 0.785. The van der Waals surface area contributed by atoms with E-state index in [1.807, 2.05) is 6.20 Å². The number of nitrogens with zero attached hydrogens (tertiary/aromatic N) is 4. The lowest BCUT2D eigenvalue weighted by Crippen LogP contribution is -2.31. The minimum Gasteiger partial charge on any atom is -0.355 e. The van der Waals surface area contributed by atoms with Crippen LogP contribution >= 0.6 is 0 Å². The van der Waals surface area contributed by atoms with Crippen LogP contribution in [0.25, 0.3) is 38.8 Å². The van der Waals surface area contributed by atoms with Crippen LogP contribution in [-0.4, -0.2) is 23.3 Å². The zero-order valence-corrected chi connectivity index (χ0v) is 30.0. The zero-order chi connectivity index (χ0) is 36.1. The van der Waals surface area contributed by atoms with Crippen molar-refractivity contribution in [2.75, 3.05) is 23.5 Å². The molecular weight excluding hydrogens is 657 g/mol. The third-order valence-corrected chi connectivity index (χ3v) is 11.1. The first-order valence-electron chi connectivity index (χ1n) is 18.5. The normalized spacial score (nSPS) is 12.8. The molecule has 0 aliphatic carbocycles. The number of rotatable bonds is 7. The van der Waals surface area contributed by atoms with E-state index in [-0.39, 0.29) is 0 Å². The molecule has 0 saturated heterocycles. The van der Waals surface area contributed by atoms with Crippen LogP contribution in [0.3, 0.4) is 0 Å². The molecule has 2 aromatic heterocycles. The first-order chi connectivity index (χ1) is 26.7. The van der Waals surface area contributed by atoms with E-state index in [2.05, 4.69) is 216 Å². The Labute approximate surface area is 315 Å². The van der Waals surface area contributed by atoms with E-state index in [0.717, 1.165) is 34.8 Å². The van der Waals surface area contributed by atoms with Crippen LogP contribution in [0.2, 0.25) is 0 Å².